The highest BCUT2D eigenvalue weighted by Gasteiger charge is 2.07. The second-order valence-corrected chi connectivity index (χ2v) is 5.07. The van der Waals surface area contributed by atoms with Crippen molar-refractivity contribution < 1.29 is 4.79 Å². The van der Waals surface area contributed by atoms with E-state index in [0.29, 0.717) is 24.1 Å². The molecule has 1 rings (SSSR count). The number of amides is 1. The number of nitrogens with zero attached hydrogens (tertiary/aromatic N) is 3. The summed E-state index contributed by atoms with van der Waals surface area (Å²) >= 11 is 0. The summed E-state index contributed by atoms with van der Waals surface area (Å²) < 4.78 is 0. The Morgan fingerprint density at radius 3 is 2.60 bits per heavy atom. The van der Waals surface area contributed by atoms with Gasteiger partial charge in [0.2, 0.25) is 0 Å². The fourth-order valence-corrected chi connectivity index (χ4v) is 1.61. The van der Waals surface area contributed by atoms with Gasteiger partial charge in [-0.25, -0.2) is 9.97 Å². The van der Waals surface area contributed by atoms with E-state index in [4.69, 9.17) is 0 Å². The number of anilines is 1. The minimum Gasteiger partial charge on any atom is -0.372 e. The normalized spacial score (nSPS) is 10.9. The van der Waals surface area contributed by atoms with Crippen LogP contribution >= 0.6 is 0 Å². The van der Waals surface area contributed by atoms with Gasteiger partial charge in [-0.3, -0.25) is 4.79 Å². The lowest BCUT2D eigenvalue weighted by atomic mass is 10.2. The van der Waals surface area contributed by atoms with Crippen molar-refractivity contribution in [1.29, 1.82) is 0 Å². The molecule has 1 amide bonds. The van der Waals surface area contributed by atoms with E-state index in [1.54, 1.807) is 13.2 Å². The van der Waals surface area contributed by atoms with Gasteiger partial charge in [0.25, 0.3) is 5.91 Å². The summed E-state index contributed by atoms with van der Waals surface area (Å²) in [6.45, 7) is 6.06. The summed E-state index contributed by atoms with van der Waals surface area (Å²) in [5, 5.41) is 5.72. The van der Waals surface area contributed by atoms with Crippen LogP contribution in [0, 0.1) is 0 Å². The molecule has 1 aromatic heterocycles. The first kappa shape index (κ1) is 16.4. The molecule has 1 heterocycles. The van der Waals surface area contributed by atoms with Crippen LogP contribution in [0.15, 0.2) is 12.4 Å². The molecule has 0 aliphatic heterocycles. The summed E-state index contributed by atoms with van der Waals surface area (Å²) in [6.07, 6.45) is 5.06. The van der Waals surface area contributed by atoms with Crippen LogP contribution < -0.4 is 10.6 Å². The van der Waals surface area contributed by atoms with Crippen LogP contribution in [-0.4, -0.2) is 54.0 Å². The van der Waals surface area contributed by atoms with Crippen molar-refractivity contribution in [1.82, 2.24) is 20.2 Å². The number of unbranched alkanes of at least 4 members (excludes halogenated alkanes) is 1. The maximum atomic E-state index is 11.8. The van der Waals surface area contributed by atoms with Gasteiger partial charge < -0.3 is 15.5 Å². The second-order valence-electron chi connectivity index (χ2n) is 5.07. The van der Waals surface area contributed by atoms with E-state index < -0.39 is 0 Å². The molecule has 0 aliphatic rings. The standard InChI is InChI=1S/C14H25N5O/c1-11(2)19(4)8-6-5-7-16-14(20)12-9-18-13(15-3)10-17-12/h9-11H,5-8H2,1-4H3,(H,15,18)(H,16,20). The van der Waals surface area contributed by atoms with E-state index >= 15 is 0 Å². The Hall–Kier alpha value is -1.69. The largest absolute Gasteiger partial charge is 0.372 e. The van der Waals surface area contributed by atoms with Gasteiger partial charge in [0.15, 0.2) is 0 Å². The molecule has 0 aromatic carbocycles. The molecule has 112 valence electrons. The van der Waals surface area contributed by atoms with Gasteiger partial charge in [-0.15, -0.1) is 0 Å². The highest BCUT2D eigenvalue weighted by molar-refractivity contribution is 5.91. The Bertz CT molecular complexity index is 405. The fraction of sp³-hybridized carbons (Fsp3) is 0.643. The van der Waals surface area contributed by atoms with E-state index in [-0.39, 0.29) is 5.91 Å². The number of nitrogens with one attached hydrogen (secondary N) is 2. The number of carbonyl (C=O) groups is 1. The predicted molar refractivity (Wildman–Crippen MR) is 80.9 cm³/mol. The number of carbonyl (C=O) groups excluding carboxylic acids is 1. The maximum Gasteiger partial charge on any atom is 0.271 e. The van der Waals surface area contributed by atoms with Gasteiger partial charge in [-0.1, -0.05) is 0 Å². The van der Waals surface area contributed by atoms with Crippen molar-refractivity contribution in [2.45, 2.75) is 32.7 Å². The summed E-state index contributed by atoms with van der Waals surface area (Å²) in [5.74, 6) is 0.482. The average molecular weight is 279 g/mol. The third-order valence-electron chi connectivity index (χ3n) is 3.25. The summed E-state index contributed by atoms with van der Waals surface area (Å²) in [6, 6.07) is 0.561. The molecule has 0 fully saturated rings. The zero-order valence-corrected chi connectivity index (χ0v) is 12.8. The molecule has 0 aliphatic carbocycles. The zero-order valence-electron chi connectivity index (χ0n) is 12.8. The van der Waals surface area contributed by atoms with Crippen LogP contribution in [0.3, 0.4) is 0 Å². The molecule has 6 nitrogen and oxygen atoms in total. The van der Waals surface area contributed by atoms with E-state index in [1.165, 1.54) is 6.20 Å². The van der Waals surface area contributed by atoms with E-state index in [1.807, 2.05) is 0 Å². The molecule has 6 heteroatoms. The summed E-state index contributed by atoms with van der Waals surface area (Å²) in [4.78, 5) is 22.2. The highest BCUT2D eigenvalue weighted by Crippen LogP contribution is 2.00. The molecule has 1 aromatic rings. The number of aromatic nitrogens is 2. The first-order valence-corrected chi connectivity index (χ1v) is 7.02. The van der Waals surface area contributed by atoms with E-state index in [9.17, 15) is 4.79 Å². The molecule has 0 unspecified atom stereocenters. The van der Waals surface area contributed by atoms with Gasteiger partial charge in [0, 0.05) is 19.6 Å². The minimum absolute atomic E-state index is 0.169. The van der Waals surface area contributed by atoms with Crippen molar-refractivity contribution in [3.63, 3.8) is 0 Å². The average Bonchev–Trinajstić information content (AvgIpc) is 2.46. The van der Waals surface area contributed by atoms with Crippen LogP contribution in [0.1, 0.15) is 37.2 Å². The van der Waals surface area contributed by atoms with Crippen molar-refractivity contribution in [2.24, 2.45) is 0 Å². The van der Waals surface area contributed by atoms with Crippen LogP contribution in [0.5, 0.6) is 0 Å². The minimum atomic E-state index is -0.169. The highest BCUT2D eigenvalue weighted by atomic mass is 16.1. The lowest BCUT2D eigenvalue weighted by Crippen LogP contribution is -2.29. The number of hydrogen-bond donors (Lipinski definition) is 2. The third-order valence-corrected chi connectivity index (χ3v) is 3.25. The fourth-order valence-electron chi connectivity index (χ4n) is 1.61. The summed E-state index contributed by atoms with van der Waals surface area (Å²) in [7, 11) is 3.88. The first-order chi connectivity index (χ1) is 9.54. The van der Waals surface area contributed by atoms with Gasteiger partial charge in [-0.2, -0.15) is 0 Å². The predicted octanol–water partition coefficient (Wildman–Crippen LogP) is 1.37. The molecule has 0 atom stereocenters. The Morgan fingerprint density at radius 1 is 1.30 bits per heavy atom. The molecular weight excluding hydrogens is 254 g/mol. The monoisotopic (exact) mass is 279 g/mol. The molecule has 0 radical (unpaired) electrons. The van der Waals surface area contributed by atoms with Crippen LogP contribution in [0.4, 0.5) is 5.82 Å². The van der Waals surface area contributed by atoms with E-state index in [2.05, 4.69) is 46.4 Å². The lowest BCUT2D eigenvalue weighted by Gasteiger charge is -2.20. The molecule has 0 saturated heterocycles. The zero-order chi connectivity index (χ0) is 15.0. The molecule has 0 saturated carbocycles. The molecular formula is C14H25N5O. The Balaban J connectivity index is 2.22. The number of hydrogen-bond acceptors (Lipinski definition) is 5. The van der Waals surface area contributed by atoms with Crippen molar-refractivity contribution in [3.8, 4) is 0 Å². The van der Waals surface area contributed by atoms with Crippen LogP contribution in [0.25, 0.3) is 0 Å². The summed E-state index contributed by atoms with van der Waals surface area (Å²) in [5.41, 5.74) is 0.350. The quantitative estimate of drug-likeness (QED) is 0.703. The lowest BCUT2D eigenvalue weighted by molar-refractivity contribution is 0.0947. The van der Waals surface area contributed by atoms with Gasteiger partial charge in [0.1, 0.15) is 11.5 Å². The smallest absolute Gasteiger partial charge is 0.271 e. The van der Waals surface area contributed by atoms with Gasteiger partial charge in [0.05, 0.1) is 12.4 Å². The van der Waals surface area contributed by atoms with Crippen molar-refractivity contribution in [3.05, 3.63) is 18.1 Å². The Labute approximate surface area is 121 Å². The number of rotatable bonds is 8. The van der Waals surface area contributed by atoms with E-state index in [0.717, 1.165) is 19.4 Å². The molecule has 2 N–H and O–H groups in total. The Morgan fingerprint density at radius 2 is 2.05 bits per heavy atom. The van der Waals surface area contributed by atoms with Crippen LogP contribution in [0.2, 0.25) is 0 Å². The van der Waals surface area contributed by atoms with Gasteiger partial charge in [-0.05, 0) is 40.3 Å². The van der Waals surface area contributed by atoms with Crippen LogP contribution in [-0.2, 0) is 0 Å². The third kappa shape index (κ3) is 5.52. The van der Waals surface area contributed by atoms with Gasteiger partial charge >= 0.3 is 0 Å². The maximum absolute atomic E-state index is 11.8. The SMILES string of the molecule is CNc1cnc(C(=O)NCCCCN(C)C(C)C)cn1. The van der Waals surface area contributed by atoms with Crippen molar-refractivity contribution >= 4 is 11.7 Å². The molecule has 0 bridgehead atoms. The second kappa shape index (κ2) is 8.47. The molecule has 0 spiro atoms. The Kier molecular flexibility index (Phi) is 6.93. The first-order valence-electron chi connectivity index (χ1n) is 7.02. The topological polar surface area (TPSA) is 70.2 Å². The van der Waals surface area contributed by atoms with Crippen molar-refractivity contribution in [2.75, 3.05) is 32.5 Å². The molecule has 20 heavy (non-hydrogen) atoms.